The van der Waals surface area contributed by atoms with Crippen molar-refractivity contribution >= 4 is 31.9 Å². The van der Waals surface area contributed by atoms with Gasteiger partial charge >= 0.3 is 0 Å². The van der Waals surface area contributed by atoms with Gasteiger partial charge in [0, 0.05) is 14.9 Å². The molecule has 23 heavy (non-hydrogen) atoms. The summed E-state index contributed by atoms with van der Waals surface area (Å²) < 4.78 is 2.38. The summed E-state index contributed by atoms with van der Waals surface area (Å²) in [5, 5.41) is 0. The van der Waals surface area contributed by atoms with E-state index in [4.69, 9.17) is 0 Å². The summed E-state index contributed by atoms with van der Waals surface area (Å²) in [6.07, 6.45) is 6.55. The van der Waals surface area contributed by atoms with Crippen LogP contribution in [0.4, 0.5) is 0 Å². The molecule has 1 aliphatic carbocycles. The number of unbranched alkanes of at least 4 members (excludes halogenated alkanes) is 1. The number of rotatable bonds is 6. The second-order valence-electron chi connectivity index (χ2n) is 6.67. The smallest absolute Gasteiger partial charge is 0.0178 e. The molecular formula is C21H24Br2. The molecule has 3 rings (SSSR count). The van der Waals surface area contributed by atoms with E-state index in [1.165, 1.54) is 63.3 Å². The normalized spacial score (nSPS) is 14.6. The van der Waals surface area contributed by atoms with Crippen LogP contribution in [0.1, 0.15) is 63.0 Å². The lowest BCUT2D eigenvalue weighted by Gasteiger charge is -2.21. The maximum absolute atomic E-state index is 3.67. The molecule has 0 radical (unpaired) electrons. The van der Waals surface area contributed by atoms with Crippen LogP contribution in [0.5, 0.6) is 0 Å². The van der Waals surface area contributed by atoms with E-state index in [1.54, 1.807) is 0 Å². The summed E-state index contributed by atoms with van der Waals surface area (Å²) in [6.45, 7) is 4.64. The zero-order valence-electron chi connectivity index (χ0n) is 13.9. The van der Waals surface area contributed by atoms with Crippen molar-refractivity contribution in [3.63, 3.8) is 0 Å². The van der Waals surface area contributed by atoms with E-state index in [2.05, 4.69) is 82.1 Å². The predicted molar refractivity (Wildman–Crippen MR) is 107 cm³/mol. The first kappa shape index (κ1) is 17.2. The van der Waals surface area contributed by atoms with Crippen LogP contribution in [0, 0.1) is 5.92 Å². The van der Waals surface area contributed by atoms with Gasteiger partial charge in [-0.15, -0.1) is 0 Å². The molecule has 1 aliphatic rings. The van der Waals surface area contributed by atoms with Crippen LogP contribution in [0.15, 0.2) is 45.3 Å². The van der Waals surface area contributed by atoms with Crippen LogP contribution in [0.3, 0.4) is 0 Å². The van der Waals surface area contributed by atoms with Gasteiger partial charge in [-0.2, -0.15) is 0 Å². The van der Waals surface area contributed by atoms with Crippen LogP contribution in [-0.4, -0.2) is 0 Å². The first-order valence-electron chi connectivity index (χ1n) is 8.73. The van der Waals surface area contributed by atoms with Crippen molar-refractivity contribution in [2.24, 2.45) is 5.92 Å². The Morgan fingerprint density at radius 3 is 1.96 bits per heavy atom. The monoisotopic (exact) mass is 434 g/mol. The van der Waals surface area contributed by atoms with Gasteiger partial charge in [0.2, 0.25) is 0 Å². The highest BCUT2D eigenvalue weighted by atomic mass is 79.9. The molecule has 0 saturated heterocycles. The molecule has 2 heteroatoms. The van der Waals surface area contributed by atoms with Crippen LogP contribution < -0.4 is 0 Å². The molecule has 0 fully saturated rings. The molecule has 0 bridgehead atoms. The topological polar surface area (TPSA) is 0 Å². The van der Waals surface area contributed by atoms with Gasteiger partial charge in [-0.25, -0.2) is 0 Å². The van der Waals surface area contributed by atoms with Crippen molar-refractivity contribution in [3.8, 4) is 11.1 Å². The van der Waals surface area contributed by atoms with Crippen molar-refractivity contribution < 1.29 is 0 Å². The first-order valence-corrected chi connectivity index (χ1v) is 10.3. The average Bonchev–Trinajstić information content (AvgIpc) is 2.83. The summed E-state index contributed by atoms with van der Waals surface area (Å²) in [7, 11) is 0. The lowest BCUT2D eigenvalue weighted by molar-refractivity contribution is 0.404. The molecule has 0 saturated carbocycles. The molecule has 0 nitrogen and oxygen atoms in total. The molecule has 122 valence electrons. The number of halogens is 2. The van der Waals surface area contributed by atoms with Crippen molar-refractivity contribution in [3.05, 3.63) is 56.5 Å². The second-order valence-corrected chi connectivity index (χ2v) is 8.50. The molecule has 0 aliphatic heterocycles. The number of hydrogen-bond acceptors (Lipinski definition) is 0. The largest absolute Gasteiger partial charge is 0.0654 e. The lowest BCUT2D eigenvalue weighted by atomic mass is 9.84. The van der Waals surface area contributed by atoms with Gasteiger partial charge in [-0.3, -0.25) is 0 Å². The molecule has 0 heterocycles. The average molecular weight is 436 g/mol. The van der Waals surface area contributed by atoms with E-state index in [9.17, 15) is 0 Å². The fraction of sp³-hybridized carbons (Fsp3) is 0.429. The fourth-order valence-electron chi connectivity index (χ4n) is 3.87. The number of fused-ring (bicyclic) bond motifs is 3. The van der Waals surface area contributed by atoms with Gasteiger partial charge in [0.25, 0.3) is 0 Å². The number of benzene rings is 2. The number of hydrogen-bond donors (Lipinski definition) is 0. The van der Waals surface area contributed by atoms with E-state index >= 15 is 0 Å². The van der Waals surface area contributed by atoms with E-state index in [-0.39, 0.29) is 0 Å². The maximum Gasteiger partial charge on any atom is 0.0178 e. The van der Waals surface area contributed by atoms with Crippen molar-refractivity contribution in [2.75, 3.05) is 0 Å². The molecule has 2 aromatic carbocycles. The Balaban J connectivity index is 1.99. The highest BCUT2D eigenvalue weighted by Crippen LogP contribution is 2.49. The summed E-state index contributed by atoms with van der Waals surface area (Å²) in [5.74, 6) is 1.36. The highest BCUT2D eigenvalue weighted by Gasteiger charge is 2.30. The molecule has 0 amide bonds. The Morgan fingerprint density at radius 1 is 0.913 bits per heavy atom. The third-order valence-electron chi connectivity index (χ3n) is 5.18. The fourth-order valence-corrected chi connectivity index (χ4v) is 4.63. The first-order chi connectivity index (χ1) is 11.1. The molecule has 0 N–H and O–H groups in total. The predicted octanol–water partition coefficient (Wildman–Crippen LogP) is 7.93. The molecule has 0 spiro atoms. The van der Waals surface area contributed by atoms with Crippen molar-refractivity contribution in [1.82, 2.24) is 0 Å². The quantitative estimate of drug-likeness (QED) is 0.431. The minimum Gasteiger partial charge on any atom is -0.0654 e. The molecular weight excluding hydrogens is 412 g/mol. The minimum atomic E-state index is 0.539. The van der Waals surface area contributed by atoms with Crippen LogP contribution in [0.25, 0.3) is 11.1 Å². The second kappa shape index (κ2) is 7.53. The Bertz CT molecular complexity index is 639. The van der Waals surface area contributed by atoms with Crippen molar-refractivity contribution in [2.45, 2.75) is 51.9 Å². The van der Waals surface area contributed by atoms with E-state index in [0.29, 0.717) is 5.92 Å². The van der Waals surface area contributed by atoms with Gasteiger partial charge in [-0.05, 0) is 58.9 Å². The molecule has 1 atom stereocenters. The SMILES string of the molecule is CCCCC(CC)CC1c2cc(Br)ccc2-c2ccc(Br)cc21. The van der Waals surface area contributed by atoms with Crippen LogP contribution >= 0.6 is 31.9 Å². The molecule has 0 aromatic heterocycles. The van der Waals surface area contributed by atoms with Gasteiger partial charge in [0.05, 0.1) is 0 Å². The Labute approximate surface area is 157 Å². The van der Waals surface area contributed by atoms with E-state index < -0.39 is 0 Å². The summed E-state index contributed by atoms with van der Waals surface area (Å²) in [6, 6.07) is 13.6. The third-order valence-corrected chi connectivity index (χ3v) is 6.17. The Morgan fingerprint density at radius 2 is 1.48 bits per heavy atom. The van der Waals surface area contributed by atoms with E-state index in [0.717, 1.165) is 5.92 Å². The van der Waals surface area contributed by atoms with Gasteiger partial charge in [0.15, 0.2) is 0 Å². The van der Waals surface area contributed by atoms with Gasteiger partial charge in [0.1, 0.15) is 0 Å². The molecule has 2 aromatic rings. The summed E-state index contributed by atoms with van der Waals surface area (Å²) >= 11 is 7.34. The van der Waals surface area contributed by atoms with Gasteiger partial charge < -0.3 is 0 Å². The highest BCUT2D eigenvalue weighted by molar-refractivity contribution is 9.10. The Kier molecular flexibility index (Phi) is 5.64. The van der Waals surface area contributed by atoms with Gasteiger partial charge in [-0.1, -0.05) is 83.5 Å². The standard InChI is InChI=1S/C21H24Br2/c1-3-5-6-14(4-2)11-19-20-12-15(22)7-9-17(20)18-10-8-16(23)13-21(18)19/h7-10,12-14,19H,3-6,11H2,1-2H3. The van der Waals surface area contributed by atoms with Crippen LogP contribution in [0.2, 0.25) is 0 Å². The zero-order valence-corrected chi connectivity index (χ0v) is 17.1. The minimum absolute atomic E-state index is 0.539. The molecule has 1 unspecified atom stereocenters. The Hall–Kier alpha value is -0.600. The van der Waals surface area contributed by atoms with Crippen molar-refractivity contribution in [1.29, 1.82) is 0 Å². The summed E-state index contributed by atoms with van der Waals surface area (Å²) in [5.41, 5.74) is 5.85. The third kappa shape index (κ3) is 3.58. The summed E-state index contributed by atoms with van der Waals surface area (Å²) in [4.78, 5) is 0. The van der Waals surface area contributed by atoms with Crippen LogP contribution in [-0.2, 0) is 0 Å². The lowest BCUT2D eigenvalue weighted by Crippen LogP contribution is -2.07. The van der Waals surface area contributed by atoms with E-state index in [1.807, 2.05) is 0 Å². The maximum atomic E-state index is 3.67. The zero-order chi connectivity index (χ0) is 16.4.